The van der Waals surface area contributed by atoms with Crippen molar-refractivity contribution in [2.24, 2.45) is 0 Å². The molecule has 0 bridgehead atoms. The van der Waals surface area contributed by atoms with E-state index in [-0.39, 0.29) is 30.6 Å². The number of carbonyl (C=O) groups is 2. The second-order valence-electron chi connectivity index (χ2n) is 5.81. The number of rotatable bonds is 5. The molecular weight excluding hydrogens is 280 g/mol. The van der Waals surface area contributed by atoms with Crippen LogP contribution in [-0.4, -0.2) is 48.6 Å². The molecule has 1 N–H and O–H groups in total. The van der Waals surface area contributed by atoms with Crippen molar-refractivity contribution in [2.75, 3.05) is 19.6 Å². The van der Waals surface area contributed by atoms with Crippen molar-refractivity contribution in [3.8, 4) is 0 Å². The minimum absolute atomic E-state index is 0.0349. The summed E-state index contributed by atoms with van der Waals surface area (Å²) in [5, 5.41) is 2.68. The maximum Gasteiger partial charge on any atom is 0.251 e. The number of amides is 2. The monoisotopic (exact) mass is 304 g/mol. The Morgan fingerprint density at radius 1 is 1.23 bits per heavy atom. The van der Waals surface area contributed by atoms with Gasteiger partial charge in [-0.15, -0.1) is 0 Å². The van der Waals surface area contributed by atoms with E-state index in [1.165, 1.54) is 0 Å². The zero-order chi connectivity index (χ0) is 15.9. The van der Waals surface area contributed by atoms with Gasteiger partial charge in [-0.25, -0.2) is 0 Å². The fourth-order valence-electron chi connectivity index (χ4n) is 2.59. The predicted molar refractivity (Wildman–Crippen MR) is 84.6 cm³/mol. The summed E-state index contributed by atoms with van der Waals surface area (Å²) in [5.41, 5.74) is 0.569. The Labute approximate surface area is 131 Å². The number of piperidine rings is 1. The van der Waals surface area contributed by atoms with Crippen LogP contribution in [0.15, 0.2) is 30.3 Å². The van der Waals surface area contributed by atoms with Gasteiger partial charge < -0.3 is 15.0 Å². The summed E-state index contributed by atoms with van der Waals surface area (Å²) in [6.07, 6.45) is 2.17. The third-order valence-corrected chi connectivity index (χ3v) is 3.70. The number of ether oxygens (including phenoxy) is 1. The first-order valence-corrected chi connectivity index (χ1v) is 7.82. The molecule has 0 aromatic heterocycles. The fourth-order valence-corrected chi connectivity index (χ4v) is 2.59. The summed E-state index contributed by atoms with van der Waals surface area (Å²) >= 11 is 0. The molecule has 0 saturated carbocycles. The number of nitrogens with one attached hydrogen (secondary N) is 1. The second kappa shape index (κ2) is 7.94. The molecule has 2 amide bonds. The molecule has 0 radical (unpaired) electrons. The molecule has 1 aromatic rings. The molecule has 0 aliphatic carbocycles. The Hall–Kier alpha value is -1.88. The maximum atomic E-state index is 12.1. The third kappa shape index (κ3) is 4.84. The lowest BCUT2D eigenvalue weighted by Gasteiger charge is -2.32. The lowest BCUT2D eigenvalue weighted by Crippen LogP contribution is -2.45. The minimum atomic E-state index is -0.216. The highest BCUT2D eigenvalue weighted by molar-refractivity contribution is 5.96. The molecule has 2 rings (SSSR count). The Morgan fingerprint density at radius 2 is 1.86 bits per heavy atom. The van der Waals surface area contributed by atoms with Crippen molar-refractivity contribution in [1.82, 2.24) is 10.2 Å². The topological polar surface area (TPSA) is 58.6 Å². The number of hydrogen-bond donors (Lipinski definition) is 1. The molecule has 1 aliphatic heterocycles. The average Bonchev–Trinajstić information content (AvgIpc) is 2.53. The van der Waals surface area contributed by atoms with Crippen molar-refractivity contribution < 1.29 is 14.3 Å². The molecule has 5 heteroatoms. The van der Waals surface area contributed by atoms with Crippen LogP contribution in [0.2, 0.25) is 0 Å². The molecule has 1 aliphatic rings. The molecule has 1 fully saturated rings. The largest absolute Gasteiger partial charge is 0.375 e. The van der Waals surface area contributed by atoms with Gasteiger partial charge in [0, 0.05) is 18.7 Å². The van der Waals surface area contributed by atoms with Crippen molar-refractivity contribution >= 4 is 11.8 Å². The molecule has 0 atom stereocenters. The molecule has 1 heterocycles. The van der Waals surface area contributed by atoms with Crippen molar-refractivity contribution in [3.63, 3.8) is 0 Å². The minimum Gasteiger partial charge on any atom is -0.375 e. The molecule has 1 aromatic carbocycles. The average molecular weight is 304 g/mol. The SMILES string of the molecule is CC(C)OC1CCN(C(=O)CNC(=O)c2ccccc2)CC1. The summed E-state index contributed by atoms with van der Waals surface area (Å²) in [6, 6.07) is 8.92. The van der Waals surface area contributed by atoms with Gasteiger partial charge in [-0.05, 0) is 38.8 Å². The highest BCUT2D eigenvalue weighted by Gasteiger charge is 2.23. The van der Waals surface area contributed by atoms with E-state index >= 15 is 0 Å². The lowest BCUT2D eigenvalue weighted by atomic mass is 10.1. The number of likely N-dealkylation sites (tertiary alicyclic amines) is 1. The second-order valence-corrected chi connectivity index (χ2v) is 5.81. The number of hydrogen-bond acceptors (Lipinski definition) is 3. The summed E-state index contributed by atoms with van der Waals surface area (Å²) < 4.78 is 5.77. The molecule has 5 nitrogen and oxygen atoms in total. The van der Waals surface area contributed by atoms with Crippen LogP contribution in [0.3, 0.4) is 0 Å². The zero-order valence-corrected chi connectivity index (χ0v) is 13.2. The molecule has 0 spiro atoms. The molecule has 0 unspecified atom stereocenters. The Morgan fingerprint density at radius 3 is 2.45 bits per heavy atom. The summed E-state index contributed by atoms with van der Waals surface area (Å²) in [7, 11) is 0. The smallest absolute Gasteiger partial charge is 0.251 e. The van der Waals surface area contributed by atoms with Crippen LogP contribution in [0.5, 0.6) is 0 Å². The van der Waals surface area contributed by atoms with Crippen LogP contribution >= 0.6 is 0 Å². The van der Waals surface area contributed by atoms with Gasteiger partial charge in [0.15, 0.2) is 0 Å². The van der Waals surface area contributed by atoms with Crippen molar-refractivity contribution in [2.45, 2.75) is 38.9 Å². The van der Waals surface area contributed by atoms with Crippen LogP contribution in [0, 0.1) is 0 Å². The first kappa shape index (κ1) is 16.5. The summed E-state index contributed by atoms with van der Waals surface area (Å²) in [5.74, 6) is -0.251. The fraction of sp³-hybridized carbons (Fsp3) is 0.529. The summed E-state index contributed by atoms with van der Waals surface area (Å²) in [4.78, 5) is 25.8. The standard InChI is InChI=1S/C17H24N2O3/c1-13(2)22-15-8-10-19(11-9-15)16(20)12-18-17(21)14-6-4-3-5-7-14/h3-7,13,15H,8-12H2,1-2H3,(H,18,21). The number of benzene rings is 1. The quantitative estimate of drug-likeness (QED) is 0.903. The van der Waals surface area contributed by atoms with Gasteiger partial charge in [-0.3, -0.25) is 9.59 Å². The van der Waals surface area contributed by atoms with E-state index in [2.05, 4.69) is 5.32 Å². The van der Waals surface area contributed by atoms with Crippen molar-refractivity contribution in [1.29, 1.82) is 0 Å². The van der Waals surface area contributed by atoms with Gasteiger partial charge >= 0.3 is 0 Å². The number of carbonyl (C=O) groups excluding carboxylic acids is 2. The Kier molecular flexibility index (Phi) is 5.95. The Balaban J connectivity index is 1.73. The molecule has 120 valence electrons. The zero-order valence-electron chi connectivity index (χ0n) is 13.2. The predicted octanol–water partition coefficient (Wildman–Crippen LogP) is 1.83. The van der Waals surface area contributed by atoms with E-state index < -0.39 is 0 Å². The van der Waals surface area contributed by atoms with Crippen LogP contribution < -0.4 is 5.32 Å². The van der Waals surface area contributed by atoms with E-state index in [0.717, 1.165) is 12.8 Å². The lowest BCUT2D eigenvalue weighted by molar-refractivity contribution is -0.133. The highest BCUT2D eigenvalue weighted by atomic mass is 16.5. The third-order valence-electron chi connectivity index (χ3n) is 3.70. The van der Waals surface area contributed by atoms with E-state index in [9.17, 15) is 9.59 Å². The van der Waals surface area contributed by atoms with Gasteiger partial charge in [0.05, 0.1) is 18.8 Å². The first-order chi connectivity index (χ1) is 10.6. The van der Waals surface area contributed by atoms with Gasteiger partial charge in [-0.1, -0.05) is 18.2 Å². The highest BCUT2D eigenvalue weighted by Crippen LogP contribution is 2.15. The van der Waals surface area contributed by atoms with E-state index in [4.69, 9.17) is 4.74 Å². The normalized spacial score (nSPS) is 15.9. The van der Waals surface area contributed by atoms with Crippen LogP contribution in [0.1, 0.15) is 37.0 Å². The van der Waals surface area contributed by atoms with E-state index in [1.807, 2.05) is 19.9 Å². The van der Waals surface area contributed by atoms with Crippen molar-refractivity contribution in [3.05, 3.63) is 35.9 Å². The van der Waals surface area contributed by atoms with Crippen LogP contribution in [-0.2, 0) is 9.53 Å². The first-order valence-electron chi connectivity index (χ1n) is 7.82. The van der Waals surface area contributed by atoms with E-state index in [1.54, 1.807) is 29.2 Å². The van der Waals surface area contributed by atoms with Gasteiger partial charge in [0.2, 0.25) is 5.91 Å². The van der Waals surface area contributed by atoms with Crippen LogP contribution in [0.25, 0.3) is 0 Å². The van der Waals surface area contributed by atoms with Gasteiger partial charge in [0.25, 0.3) is 5.91 Å². The maximum absolute atomic E-state index is 12.1. The molecule has 22 heavy (non-hydrogen) atoms. The van der Waals surface area contributed by atoms with Gasteiger partial charge in [0.1, 0.15) is 0 Å². The van der Waals surface area contributed by atoms with Gasteiger partial charge in [-0.2, -0.15) is 0 Å². The molecular formula is C17H24N2O3. The van der Waals surface area contributed by atoms with E-state index in [0.29, 0.717) is 18.7 Å². The summed E-state index contributed by atoms with van der Waals surface area (Å²) in [6.45, 7) is 5.48. The number of nitrogens with zero attached hydrogens (tertiary/aromatic N) is 1. The molecule has 1 saturated heterocycles. The van der Waals surface area contributed by atoms with Crippen LogP contribution in [0.4, 0.5) is 0 Å². The Bertz CT molecular complexity index is 494.